The van der Waals surface area contributed by atoms with Crippen LogP contribution in [0.2, 0.25) is 0 Å². The summed E-state index contributed by atoms with van der Waals surface area (Å²) in [6.07, 6.45) is 0. The maximum Gasteiger partial charge on any atom is 0.196 e. The summed E-state index contributed by atoms with van der Waals surface area (Å²) in [7, 11) is 0. The molecule has 0 amide bonds. The highest BCUT2D eigenvalue weighted by atomic mass is 79.9. The molecule has 1 rings (SSSR count). The summed E-state index contributed by atoms with van der Waals surface area (Å²) < 4.78 is 1.15. The van der Waals surface area contributed by atoms with E-state index in [1.807, 2.05) is 0 Å². The van der Waals surface area contributed by atoms with Gasteiger partial charge in [0.1, 0.15) is 4.60 Å². The number of nitroso groups, excluding NO2 is 1. The van der Waals surface area contributed by atoms with Gasteiger partial charge in [-0.25, -0.2) is 4.98 Å². The molecule has 0 aliphatic rings. The van der Waals surface area contributed by atoms with E-state index in [2.05, 4.69) is 42.0 Å². The lowest BCUT2D eigenvalue weighted by Crippen LogP contribution is -1.58. The van der Waals surface area contributed by atoms with Crippen molar-refractivity contribution >= 4 is 48.2 Å². The van der Waals surface area contributed by atoms with Crippen molar-refractivity contribution in [3.05, 3.63) is 13.4 Å². The number of nitrogens with zero attached hydrogens (tertiary/aromatic N) is 2. The van der Waals surface area contributed by atoms with Gasteiger partial charge in [0, 0.05) is 0 Å². The van der Waals surface area contributed by atoms with E-state index in [1.54, 1.807) is 0 Å². The highest BCUT2D eigenvalue weighted by Crippen LogP contribution is 2.34. The molecule has 1 heterocycles. The fourth-order valence-corrected chi connectivity index (χ4v) is 2.27. The lowest BCUT2D eigenvalue weighted by molar-refractivity contribution is 1.31. The minimum Gasteiger partial charge on any atom is -0.220 e. The molecule has 0 atom stereocenters. The second kappa shape index (κ2) is 2.85. The summed E-state index contributed by atoms with van der Waals surface area (Å²) in [5, 5.41) is 3.08. The molecule has 0 fully saturated rings. The Kier molecular flexibility index (Phi) is 2.31. The van der Waals surface area contributed by atoms with E-state index in [1.165, 1.54) is 11.3 Å². The molecule has 0 saturated carbocycles. The molecule has 0 aliphatic heterocycles. The minimum absolute atomic E-state index is 0.363. The quantitative estimate of drug-likeness (QED) is 0.737. The van der Waals surface area contributed by atoms with Crippen LogP contribution in [0.4, 0.5) is 5.00 Å². The van der Waals surface area contributed by atoms with Crippen LogP contribution in [-0.2, 0) is 0 Å². The third-order valence-electron chi connectivity index (χ3n) is 0.626. The maximum absolute atomic E-state index is 9.91. The first-order valence-corrected chi connectivity index (χ1v) is 4.29. The van der Waals surface area contributed by atoms with Gasteiger partial charge in [-0.15, -0.1) is 4.91 Å². The van der Waals surface area contributed by atoms with Crippen LogP contribution in [0.1, 0.15) is 0 Å². The molecule has 0 saturated heterocycles. The largest absolute Gasteiger partial charge is 0.220 e. The van der Waals surface area contributed by atoms with E-state index in [0.717, 1.165) is 0 Å². The molecule has 0 bridgehead atoms. The van der Waals surface area contributed by atoms with E-state index >= 15 is 0 Å². The van der Waals surface area contributed by atoms with Crippen LogP contribution in [0.15, 0.2) is 13.7 Å². The Morgan fingerprint density at radius 2 is 2.22 bits per heavy atom. The molecule has 0 N–H and O–H groups in total. The van der Waals surface area contributed by atoms with Gasteiger partial charge in [0.2, 0.25) is 0 Å². The standard InChI is InChI=1S/C3Br2N2OS/c4-1-2(7-8)9-3(5)6-1. The average Bonchev–Trinajstić information content (AvgIpc) is 2.10. The second-order valence-electron chi connectivity index (χ2n) is 1.15. The van der Waals surface area contributed by atoms with Crippen LogP contribution in [0, 0.1) is 4.91 Å². The van der Waals surface area contributed by atoms with Gasteiger partial charge in [-0.3, -0.25) is 0 Å². The normalized spacial score (nSPS) is 9.56. The van der Waals surface area contributed by atoms with Crippen LogP contribution in [0.5, 0.6) is 0 Å². The zero-order chi connectivity index (χ0) is 6.85. The van der Waals surface area contributed by atoms with Gasteiger partial charge in [0.15, 0.2) is 8.92 Å². The Balaban J connectivity index is 3.15. The lowest BCUT2D eigenvalue weighted by Gasteiger charge is -1.72. The number of aromatic nitrogens is 1. The molecule has 6 heteroatoms. The SMILES string of the molecule is O=Nc1sc(Br)nc1Br. The van der Waals surface area contributed by atoms with E-state index in [0.29, 0.717) is 13.5 Å². The molecule has 0 aliphatic carbocycles. The molecule has 0 aromatic carbocycles. The summed E-state index contributed by atoms with van der Waals surface area (Å²) in [5.74, 6) is 0. The predicted octanol–water partition coefficient (Wildman–Crippen LogP) is 3.07. The Morgan fingerprint density at radius 3 is 2.44 bits per heavy atom. The van der Waals surface area contributed by atoms with E-state index in [-0.39, 0.29) is 0 Å². The molecule has 1 aromatic rings. The maximum atomic E-state index is 9.91. The van der Waals surface area contributed by atoms with Crippen LogP contribution in [0.25, 0.3) is 0 Å². The smallest absolute Gasteiger partial charge is 0.196 e. The van der Waals surface area contributed by atoms with Gasteiger partial charge in [0.25, 0.3) is 0 Å². The number of hydrogen-bond donors (Lipinski definition) is 0. The van der Waals surface area contributed by atoms with E-state index in [9.17, 15) is 4.91 Å². The second-order valence-corrected chi connectivity index (χ2v) is 4.16. The Bertz CT molecular complexity index is 236. The third-order valence-corrected chi connectivity index (χ3v) is 2.83. The number of hydrogen-bond acceptors (Lipinski definition) is 4. The molecule has 3 nitrogen and oxygen atoms in total. The van der Waals surface area contributed by atoms with Gasteiger partial charge in [-0.1, -0.05) is 11.3 Å². The Hall–Kier alpha value is 0.190. The molecule has 0 spiro atoms. The molecule has 0 radical (unpaired) electrons. The van der Waals surface area contributed by atoms with E-state index < -0.39 is 0 Å². The van der Waals surface area contributed by atoms with Gasteiger partial charge >= 0.3 is 0 Å². The lowest BCUT2D eigenvalue weighted by atomic mass is 10.9. The highest BCUT2D eigenvalue weighted by Gasteiger charge is 2.05. The van der Waals surface area contributed by atoms with Gasteiger partial charge in [0.05, 0.1) is 0 Å². The zero-order valence-corrected chi connectivity index (χ0v) is 7.96. The van der Waals surface area contributed by atoms with Gasteiger partial charge in [-0.2, -0.15) is 0 Å². The summed E-state index contributed by atoms with van der Waals surface area (Å²) >= 11 is 7.35. The van der Waals surface area contributed by atoms with Crippen molar-refractivity contribution in [3.63, 3.8) is 0 Å². The summed E-state index contributed by atoms with van der Waals surface area (Å²) in [6.45, 7) is 0. The van der Waals surface area contributed by atoms with Crippen LogP contribution in [0.3, 0.4) is 0 Å². The van der Waals surface area contributed by atoms with Crippen molar-refractivity contribution in [2.75, 3.05) is 0 Å². The molecular weight excluding hydrogens is 272 g/mol. The van der Waals surface area contributed by atoms with Crippen molar-refractivity contribution in [2.24, 2.45) is 5.18 Å². The van der Waals surface area contributed by atoms with Crippen LogP contribution in [-0.4, -0.2) is 4.98 Å². The molecule has 48 valence electrons. The van der Waals surface area contributed by atoms with Crippen molar-refractivity contribution in [2.45, 2.75) is 0 Å². The van der Waals surface area contributed by atoms with Gasteiger partial charge < -0.3 is 0 Å². The molecule has 0 unspecified atom stereocenters. The molecular formula is C3Br2N2OS. The average molecular weight is 272 g/mol. The first-order chi connectivity index (χ1) is 4.24. The van der Waals surface area contributed by atoms with E-state index in [4.69, 9.17) is 0 Å². The highest BCUT2D eigenvalue weighted by molar-refractivity contribution is 9.11. The molecule has 9 heavy (non-hydrogen) atoms. The number of rotatable bonds is 1. The Morgan fingerprint density at radius 1 is 1.56 bits per heavy atom. The van der Waals surface area contributed by atoms with Crippen molar-refractivity contribution in [1.29, 1.82) is 0 Å². The van der Waals surface area contributed by atoms with Gasteiger partial charge in [-0.05, 0) is 37.0 Å². The summed E-state index contributed by atoms with van der Waals surface area (Å²) in [6, 6.07) is 0. The monoisotopic (exact) mass is 270 g/mol. The van der Waals surface area contributed by atoms with Crippen LogP contribution < -0.4 is 0 Å². The fourth-order valence-electron chi connectivity index (χ4n) is 0.326. The summed E-state index contributed by atoms with van der Waals surface area (Å²) in [4.78, 5) is 13.8. The number of thiazole rings is 1. The van der Waals surface area contributed by atoms with Crippen molar-refractivity contribution < 1.29 is 0 Å². The minimum atomic E-state index is 0.363. The topological polar surface area (TPSA) is 42.3 Å². The molecule has 1 aromatic heterocycles. The summed E-state index contributed by atoms with van der Waals surface area (Å²) in [5.41, 5.74) is 0. The first-order valence-electron chi connectivity index (χ1n) is 1.89. The fraction of sp³-hybridized carbons (Fsp3) is 0. The third kappa shape index (κ3) is 1.56. The van der Waals surface area contributed by atoms with Crippen molar-refractivity contribution in [3.8, 4) is 0 Å². The first kappa shape index (κ1) is 7.30. The Labute approximate surface area is 71.7 Å². The predicted molar refractivity (Wildman–Crippen MR) is 43.0 cm³/mol. The van der Waals surface area contributed by atoms with Crippen LogP contribution >= 0.6 is 43.2 Å². The van der Waals surface area contributed by atoms with Crippen molar-refractivity contribution in [1.82, 2.24) is 4.98 Å². The zero-order valence-electron chi connectivity index (χ0n) is 3.97. The number of halogens is 2.